The van der Waals surface area contributed by atoms with E-state index < -0.39 is 35.7 Å². The van der Waals surface area contributed by atoms with E-state index in [4.69, 9.17) is 0 Å². The van der Waals surface area contributed by atoms with Crippen molar-refractivity contribution in [3.63, 3.8) is 0 Å². The molecule has 4 aromatic rings. The summed E-state index contributed by atoms with van der Waals surface area (Å²) in [4.78, 5) is 7.94. The number of nitrogens with zero attached hydrogens (tertiary/aromatic N) is 3. The number of fused-ring (bicyclic) bond motifs is 1. The molecule has 0 N–H and O–H groups in total. The molecule has 0 aliphatic heterocycles. The second-order valence-corrected chi connectivity index (χ2v) is 10.1. The first kappa shape index (κ1) is 19.2. The summed E-state index contributed by atoms with van der Waals surface area (Å²) in [5.41, 5.74) is 0.573. The van der Waals surface area contributed by atoms with Gasteiger partial charge in [-0.25, -0.2) is 26.2 Å². The molecular formula is C19H14FN3O4S2. The molecule has 0 atom stereocenters. The average molecular weight is 431 g/mol. The van der Waals surface area contributed by atoms with Crippen LogP contribution in [0.15, 0.2) is 81.9 Å². The van der Waals surface area contributed by atoms with Gasteiger partial charge in [-0.3, -0.25) is 0 Å². The number of hydrogen-bond acceptors (Lipinski definition) is 6. The van der Waals surface area contributed by atoms with Crippen LogP contribution in [0, 0.1) is 5.82 Å². The predicted octanol–water partition coefficient (Wildman–Crippen LogP) is 2.80. The molecule has 0 unspecified atom stereocenters. The number of hydrogen-bond donors (Lipinski definition) is 0. The van der Waals surface area contributed by atoms with Crippen LogP contribution in [-0.2, 0) is 19.7 Å². The van der Waals surface area contributed by atoms with Gasteiger partial charge < -0.3 is 4.57 Å². The van der Waals surface area contributed by atoms with Gasteiger partial charge in [0.15, 0.2) is 10.7 Å². The summed E-state index contributed by atoms with van der Waals surface area (Å²) in [7, 11) is -8.02. The summed E-state index contributed by atoms with van der Waals surface area (Å²) < 4.78 is 65.4. The quantitative estimate of drug-likeness (QED) is 0.364. The van der Waals surface area contributed by atoms with Crippen molar-refractivity contribution in [3.05, 3.63) is 72.7 Å². The maximum atomic E-state index is 13.3. The van der Waals surface area contributed by atoms with Gasteiger partial charge in [0.05, 0.1) is 10.3 Å². The van der Waals surface area contributed by atoms with E-state index in [1.165, 1.54) is 53.2 Å². The Kier molecular flexibility index (Phi) is 4.47. The van der Waals surface area contributed by atoms with Gasteiger partial charge in [0.2, 0.25) is 24.8 Å². The third kappa shape index (κ3) is 3.40. The van der Waals surface area contributed by atoms with Crippen LogP contribution in [0.5, 0.6) is 0 Å². The summed E-state index contributed by atoms with van der Waals surface area (Å²) in [6.45, 7) is 0. The van der Waals surface area contributed by atoms with Crippen molar-refractivity contribution in [1.82, 2.24) is 14.5 Å². The predicted molar refractivity (Wildman–Crippen MR) is 104 cm³/mol. The second-order valence-electron chi connectivity index (χ2n) is 6.30. The lowest BCUT2D eigenvalue weighted by molar-refractivity contribution is 0.584. The van der Waals surface area contributed by atoms with Crippen molar-refractivity contribution in [2.75, 3.05) is 6.26 Å². The van der Waals surface area contributed by atoms with Crippen molar-refractivity contribution in [1.29, 1.82) is 0 Å². The summed E-state index contributed by atoms with van der Waals surface area (Å²) in [6, 6.07) is 14.5. The van der Waals surface area contributed by atoms with Gasteiger partial charge in [-0.2, -0.15) is 4.98 Å². The number of benzene rings is 2. The molecule has 7 nitrogen and oxygen atoms in total. The van der Waals surface area contributed by atoms with E-state index in [9.17, 15) is 21.2 Å². The Hall–Kier alpha value is -3.11. The van der Waals surface area contributed by atoms with Crippen molar-refractivity contribution < 1.29 is 21.2 Å². The van der Waals surface area contributed by atoms with Gasteiger partial charge in [-0.15, -0.1) is 0 Å². The molecule has 0 bridgehead atoms. The topological polar surface area (TPSA) is 99.0 Å². The highest BCUT2D eigenvalue weighted by Gasteiger charge is 2.27. The van der Waals surface area contributed by atoms with Crippen LogP contribution in [0.1, 0.15) is 0 Å². The molecule has 0 fully saturated rings. The Bertz CT molecular complexity index is 1430. The number of halogens is 1. The Balaban J connectivity index is 2.06. The zero-order chi connectivity index (χ0) is 20.8. The highest BCUT2D eigenvalue weighted by molar-refractivity contribution is 7.92. The van der Waals surface area contributed by atoms with Gasteiger partial charge in [0, 0.05) is 18.1 Å². The molecule has 0 radical (unpaired) electrons. The van der Waals surface area contributed by atoms with Crippen LogP contribution in [-0.4, -0.2) is 37.6 Å². The minimum atomic E-state index is -4.11. The minimum absolute atomic E-state index is 0.0195. The average Bonchev–Trinajstić information content (AvgIpc) is 3.12. The highest BCUT2D eigenvalue weighted by atomic mass is 32.2. The molecule has 0 amide bonds. The van der Waals surface area contributed by atoms with E-state index in [2.05, 4.69) is 9.97 Å². The zero-order valence-electron chi connectivity index (χ0n) is 15.0. The van der Waals surface area contributed by atoms with Crippen molar-refractivity contribution >= 4 is 30.7 Å². The van der Waals surface area contributed by atoms with Gasteiger partial charge in [0.1, 0.15) is 5.82 Å². The Morgan fingerprint density at radius 3 is 2.14 bits per heavy atom. The Labute approximate surface area is 166 Å². The fourth-order valence-corrected chi connectivity index (χ4v) is 4.82. The summed E-state index contributed by atoms with van der Waals surface area (Å²) >= 11 is 0. The lowest BCUT2D eigenvalue weighted by atomic mass is 10.3. The largest absolute Gasteiger partial charge is 0.301 e. The third-order valence-electron chi connectivity index (χ3n) is 4.23. The molecule has 2 heterocycles. The van der Waals surface area contributed by atoms with Crippen LogP contribution in [0.25, 0.3) is 16.7 Å². The second kappa shape index (κ2) is 6.75. The lowest BCUT2D eigenvalue weighted by Crippen LogP contribution is -2.12. The molecule has 0 aliphatic rings. The van der Waals surface area contributed by atoms with E-state index in [0.717, 1.165) is 6.26 Å². The van der Waals surface area contributed by atoms with E-state index >= 15 is 0 Å². The summed E-state index contributed by atoms with van der Waals surface area (Å²) in [5, 5.41) is -0.859. The summed E-state index contributed by atoms with van der Waals surface area (Å²) in [6.07, 6.45) is 2.43. The van der Waals surface area contributed by atoms with E-state index in [-0.39, 0.29) is 15.9 Å². The SMILES string of the molecule is CS(=O)(=O)c1nc(S(=O)(=O)c2ccccc2)c2ccn(-c3ccc(F)cc3)c2n1. The van der Waals surface area contributed by atoms with Crippen LogP contribution in [0.2, 0.25) is 0 Å². The first-order valence-electron chi connectivity index (χ1n) is 8.33. The van der Waals surface area contributed by atoms with E-state index in [0.29, 0.717) is 5.69 Å². The van der Waals surface area contributed by atoms with Gasteiger partial charge in [-0.1, -0.05) is 18.2 Å². The molecule has 0 aliphatic carbocycles. The summed E-state index contributed by atoms with van der Waals surface area (Å²) in [5.74, 6) is -0.441. The van der Waals surface area contributed by atoms with E-state index in [1.807, 2.05) is 0 Å². The number of aromatic nitrogens is 3. The van der Waals surface area contributed by atoms with Crippen molar-refractivity contribution in [3.8, 4) is 5.69 Å². The Morgan fingerprint density at radius 2 is 1.52 bits per heavy atom. The zero-order valence-corrected chi connectivity index (χ0v) is 16.7. The highest BCUT2D eigenvalue weighted by Crippen LogP contribution is 2.29. The first-order valence-corrected chi connectivity index (χ1v) is 11.7. The van der Waals surface area contributed by atoms with Gasteiger partial charge in [0.25, 0.3) is 0 Å². The number of rotatable bonds is 4. The molecule has 10 heteroatoms. The molecule has 148 valence electrons. The van der Waals surface area contributed by atoms with Gasteiger partial charge >= 0.3 is 0 Å². The van der Waals surface area contributed by atoms with Crippen LogP contribution in [0.3, 0.4) is 0 Å². The molecule has 0 saturated heterocycles. The van der Waals surface area contributed by atoms with Gasteiger partial charge in [-0.05, 0) is 42.5 Å². The van der Waals surface area contributed by atoms with Crippen LogP contribution >= 0.6 is 0 Å². The van der Waals surface area contributed by atoms with Crippen molar-refractivity contribution in [2.24, 2.45) is 0 Å². The minimum Gasteiger partial charge on any atom is -0.301 e. The van der Waals surface area contributed by atoms with Crippen LogP contribution in [0.4, 0.5) is 4.39 Å². The lowest BCUT2D eigenvalue weighted by Gasteiger charge is -2.09. The third-order valence-corrected chi connectivity index (χ3v) is 6.79. The molecule has 0 spiro atoms. The fourth-order valence-electron chi connectivity index (χ4n) is 2.86. The maximum Gasteiger partial charge on any atom is 0.250 e. The Morgan fingerprint density at radius 1 is 0.862 bits per heavy atom. The molecule has 0 saturated carbocycles. The molecule has 2 aromatic carbocycles. The monoisotopic (exact) mass is 431 g/mol. The molecule has 2 aromatic heterocycles. The van der Waals surface area contributed by atoms with Crippen molar-refractivity contribution in [2.45, 2.75) is 15.1 Å². The molecule has 29 heavy (non-hydrogen) atoms. The fraction of sp³-hybridized carbons (Fsp3) is 0.0526. The molecular weight excluding hydrogens is 417 g/mol. The first-order chi connectivity index (χ1) is 13.7. The normalized spacial score (nSPS) is 12.3. The van der Waals surface area contributed by atoms with E-state index in [1.54, 1.807) is 18.2 Å². The van der Waals surface area contributed by atoms with Crippen LogP contribution < -0.4 is 0 Å². The standard InChI is InChI=1S/C19H14FN3O4S2/c1-28(24,25)19-21-17-16(11-12-23(17)14-9-7-13(20)8-10-14)18(22-19)29(26,27)15-5-3-2-4-6-15/h2-12H,1H3. The maximum absolute atomic E-state index is 13.3. The molecule has 4 rings (SSSR count). The number of sulfone groups is 2. The smallest absolute Gasteiger partial charge is 0.250 e.